The third-order valence-electron chi connectivity index (χ3n) is 8.03. The number of carbonyl (C=O) groups is 2. The Bertz CT molecular complexity index is 2160. The molecule has 1 saturated heterocycles. The number of rotatable bonds is 11. The number of thiophene rings is 1. The van der Waals surface area contributed by atoms with Crippen LogP contribution < -0.4 is 14.9 Å². The lowest BCUT2D eigenvalue weighted by Gasteiger charge is -2.35. The van der Waals surface area contributed by atoms with Gasteiger partial charge in [0, 0.05) is 49.1 Å². The van der Waals surface area contributed by atoms with Crippen molar-refractivity contribution in [3.8, 4) is 16.9 Å². The van der Waals surface area contributed by atoms with E-state index in [4.69, 9.17) is 0 Å². The summed E-state index contributed by atoms with van der Waals surface area (Å²) in [5.41, 5.74) is -0.200. The molecule has 0 unspecified atom stereocenters. The van der Waals surface area contributed by atoms with Crippen LogP contribution in [0, 0.1) is 0 Å². The predicted molar refractivity (Wildman–Crippen MR) is 193 cm³/mol. The lowest BCUT2D eigenvalue weighted by molar-refractivity contribution is -0.137. The van der Waals surface area contributed by atoms with Crippen LogP contribution in [0.5, 0.6) is 5.75 Å². The summed E-state index contributed by atoms with van der Waals surface area (Å²) in [4.78, 5) is 30.3. The fourth-order valence-electron chi connectivity index (χ4n) is 5.38. The number of benzene rings is 3. The molecule has 1 aliphatic rings. The van der Waals surface area contributed by atoms with E-state index in [1.807, 2.05) is 46.7 Å². The maximum atomic E-state index is 13.9. The van der Waals surface area contributed by atoms with Gasteiger partial charge in [0.2, 0.25) is 0 Å². The van der Waals surface area contributed by atoms with Crippen LogP contribution in [-0.4, -0.2) is 78.9 Å². The summed E-state index contributed by atoms with van der Waals surface area (Å²) < 4.78 is 69.6. The second-order valence-electron chi connectivity index (χ2n) is 11.5. The fourth-order valence-corrected chi connectivity index (χ4v) is 8.04. The Hall–Kier alpha value is -5.13. The van der Waals surface area contributed by atoms with Crippen LogP contribution in [0.15, 0.2) is 106 Å². The van der Waals surface area contributed by atoms with Gasteiger partial charge in [-0.1, -0.05) is 30.3 Å². The number of aromatic hydroxyl groups is 1. The number of hydrogen-bond donors (Lipinski definition) is 3. The number of thioether (sulfide) groups is 1. The summed E-state index contributed by atoms with van der Waals surface area (Å²) in [5, 5.41) is 22.2. The van der Waals surface area contributed by atoms with Crippen molar-refractivity contribution in [2.24, 2.45) is 0 Å². The van der Waals surface area contributed by atoms with Gasteiger partial charge >= 0.3 is 6.18 Å². The van der Waals surface area contributed by atoms with Gasteiger partial charge < -0.3 is 20.2 Å². The second kappa shape index (κ2) is 15.6. The van der Waals surface area contributed by atoms with Crippen molar-refractivity contribution in [3.05, 3.63) is 113 Å². The lowest BCUT2D eigenvalue weighted by atomic mass is 10.1. The highest BCUT2D eigenvalue weighted by Gasteiger charge is 2.35. The monoisotopic (exact) mass is 768 g/mol. The van der Waals surface area contributed by atoms with Crippen molar-refractivity contribution in [1.29, 1.82) is 0 Å². The quantitative estimate of drug-likeness (QED) is 0.105. The van der Waals surface area contributed by atoms with Gasteiger partial charge in [-0.15, -0.1) is 33.3 Å². The third-order valence-corrected chi connectivity index (χ3v) is 11.3. The molecule has 3 heterocycles. The number of halogens is 3. The van der Waals surface area contributed by atoms with E-state index in [-0.39, 0.29) is 29.6 Å². The zero-order valence-corrected chi connectivity index (χ0v) is 29.7. The Labute approximate surface area is 305 Å². The van der Waals surface area contributed by atoms with E-state index < -0.39 is 32.6 Å². The number of carbonyl (C=O) groups excluding carboxylic acids is 2. The normalized spacial score (nSPS) is 13.5. The molecular weight excluding hydrogens is 738 g/mol. The predicted octanol–water partition coefficient (Wildman–Crippen LogP) is 6.21. The smallest absolute Gasteiger partial charge is 0.418 e. The van der Waals surface area contributed by atoms with E-state index in [2.05, 4.69) is 15.5 Å². The Balaban J connectivity index is 1.03. The van der Waals surface area contributed by atoms with Gasteiger partial charge in [-0.25, -0.2) is 13.1 Å². The van der Waals surface area contributed by atoms with Crippen molar-refractivity contribution in [2.75, 3.05) is 48.7 Å². The number of piperazine rings is 1. The van der Waals surface area contributed by atoms with E-state index in [1.54, 1.807) is 33.9 Å². The third kappa shape index (κ3) is 8.83. The molecule has 0 radical (unpaired) electrons. The van der Waals surface area contributed by atoms with Crippen LogP contribution in [0.3, 0.4) is 0 Å². The minimum absolute atomic E-state index is 0.124. The summed E-state index contributed by atoms with van der Waals surface area (Å²) in [6, 6.07) is 23.1. The molecule has 0 saturated carbocycles. The lowest BCUT2D eigenvalue weighted by Crippen LogP contribution is -2.49. The topological polar surface area (TPSA) is 145 Å². The van der Waals surface area contributed by atoms with Gasteiger partial charge in [0.05, 0.1) is 15.3 Å². The number of amides is 2. The molecule has 1 aliphatic heterocycles. The molecule has 17 heteroatoms. The molecule has 0 aliphatic carbocycles. The zero-order valence-electron chi connectivity index (χ0n) is 27.2. The summed E-state index contributed by atoms with van der Waals surface area (Å²) in [6.45, 7) is 1.81. The first-order valence-electron chi connectivity index (χ1n) is 15.8. The molecule has 3 aromatic carbocycles. The van der Waals surface area contributed by atoms with Crippen molar-refractivity contribution in [1.82, 2.24) is 19.8 Å². The Morgan fingerprint density at radius 3 is 2.35 bits per heavy atom. The van der Waals surface area contributed by atoms with Crippen LogP contribution in [0.25, 0.3) is 11.1 Å². The van der Waals surface area contributed by atoms with Crippen LogP contribution in [-0.2, 0) is 16.2 Å². The largest absolute Gasteiger partial charge is 0.508 e. The molecular formula is C35H31F3N6O5S3. The highest BCUT2D eigenvalue weighted by molar-refractivity contribution is 7.99. The molecule has 5 aromatic rings. The maximum Gasteiger partial charge on any atom is 0.418 e. The molecule has 11 nitrogen and oxygen atoms in total. The molecule has 270 valence electrons. The van der Waals surface area contributed by atoms with Crippen molar-refractivity contribution in [2.45, 2.75) is 16.0 Å². The van der Waals surface area contributed by atoms with Crippen LogP contribution in [0.4, 0.5) is 24.7 Å². The van der Waals surface area contributed by atoms with Crippen LogP contribution in [0.2, 0.25) is 0 Å². The van der Waals surface area contributed by atoms with Gasteiger partial charge in [-0.2, -0.15) is 13.2 Å². The first-order chi connectivity index (χ1) is 24.9. The average Bonchev–Trinajstić information content (AvgIpc) is 3.64. The molecule has 6 rings (SSSR count). The SMILES string of the molecule is O=C(NS(=O)(=O)c1ccc(NCCSc2ccccc2)c(C(F)(F)F)c1)c1ccc(N2CCN(C(=O)c3cc(-c4cccc(O)c4)cs3)CC2)nn1. The van der Waals surface area contributed by atoms with Crippen molar-refractivity contribution < 1.29 is 36.3 Å². The number of phenols is 1. The van der Waals surface area contributed by atoms with Gasteiger partial charge in [0.1, 0.15) is 5.75 Å². The minimum atomic E-state index is -4.87. The summed E-state index contributed by atoms with van der Waals surface area (Å²) in [5.74, 6) is -0.288. The Morgan fingerprint density at radius 2 is 1.65 bits per heavy atom. The standard InChI is InChI=1S/C35H31F3N6O5S3/c36-35(37,38)28-21-27(9-10-29(28)39-13-18-50-26-7-2-1-3-8-26)52(48,49)42-33(46)30-11-12-32(41-40-30)43-14-16-44(17-15-43)34(47)31-20-24(22-51-31)23-5-4-6-25(45)19-23/h1-12,19-22,39,45H,13-18H2,(H,42,46). The number of alkyl halides is 3. The van der Waals surface area contributed by atoms with E-state index in [0.717, 1.165) is 28.2 Å². The maximum absolute atomic E-state index is 13.9. The van der Waals surface area contributed by atoms with Gasteiger partial charge in [-0.05, 0) is 77.2 Å². The number of hydrogen-bond acceptors (Lipinski definition) is 11. The van der Waals surface area contributed by atoms with E-state index in [1.165, 1.54) is 35.2 Å². The average molecular weight is 769 g/mol. The summed E-state index contributed by atoms with van der Waals surface area (Å²) >= 11 is 2.77. The van der Waals surface area contributed by atoms with Crippen molar-refractivity contribution in [3.63, 3.8) is 0 Å². The van der Waals surface area contributed by atoms with E-state index in [9.17, 15) is 36.3 Å². The first kappa shape index (κ1) is 36.7. The molecule has 1 fully saturated rings. The van der Waals surface area contributed by atoms with Gasteiger partial charge in [0.25, 0.3) is 21.8 Å². The number of aromatic nitrogens is 2. The van der Waals surface area contributed by atoms with Gasteiger partial charge in [-0.3, -0.25) is 9.59 Å². The van der Waals surface area contributed by atoms with Crippen LogP contribution >= 0.6 is 23.1 Å². The van der Waals surface area contributed by atoms with E-state index >= 15 is 0 Å². The van der Waals surface area contributed by atoms with Crippen molar-refractivity contribution >= 4 is 56.4 Å². The number of anilines is 2. The molecule has 3 N–H and O–H groups in total. The minimum Gasteiger partial charge on any atom is -0.508 e. The fraction of sp³-hybridized carbons (Fsp3) is 0.200. The first-order valence-corrected chi connectivity index (χ1v) is 19.2. The zero-order chi connectivity index (χ0) is 36.9. The highest BCUT2D eigenvalue weighted by Crippen LogP contribution is 2.36. The molecule has 2 aromatic heterocycles. The number of nitrogens with one attached hydrogen (secondary N) is 2. The molecule has 0 atom stereocenters. The second-order valence-corrected chi connectivity index (χ2v) is 15.3. The molecule has 0 spiro atoms. The van der Waals surface area contributed by atoms with Gasteiger partial charge in [0.15, 0.2) is 11.5 Å². The number of sulfonamides is 1. The Kier molecular flexibility index (Phi) is 11.0. The number of phenolic OH excluding ortho intramolecular Hbond substituents is 1. The molecule has 52 heavy (non-hydrogen) atoms. The Morgan fingerprint density at radius 1 is 0.885 bits per heavy atom. The molecule has 2 amide bonds. The number of nitrogens with zero attached hydrogens (tertiary/aromatic N) is 4. The molecule has 0 bridgehead atoms. The van der Waals surface area contributed by atoms with E-state index in [0.29, 0.717) is 48.7 Å². The summed E-state index contributed by atoms with van der Waals surface area (Å²) in [7, 11) is -4.71. The highest BCUT2D eigenvalue weighted by atomic mass is 32.2. The van der Waals surface area contributed by atoms with Crippen LogP contribution in [0.1, 0.15) is 25.7 Å². The summed E-state index contributed by atoms with van der Waals surface area (Å²) in [6.07, 6.45) is -4.87.